The normalized spacial score (nSPS) is 10.2. The molecule has 0 amide bonds. The maximum absolute atomic E-state index is 11.3. The van der Waals surface area contributed by atoms with E-state index in [1.807, 2.05) is 24.3 Å². The minimum atomic E-state index is -0.397. The Bertz CT molecular complexity index is 595. The van der Waals surface area contributed by atoms with E-state index < -0.39 is 5.97 Å². The molecule has 0 spiro atoms. The van der Waals surface area contributed by atoms with Crippen LogP contribution in [0.25, 0.3) is 0 Å². The molecule has 0 atom stereocenters. The molecule has 0 unspecified atom stereocenters. The van der Waals surface area contributed by atoms with Crippen molar-refractivity contribution in [1.29, 1.82) is 0 Å². The quantitative estimate of drug-likeness (QED) is 0.764. The first-order valence-corrected chi connectivity index (χ1v) is 6.47. The van der Waals surface area contributed by atoms with Crippen molar-refractivity contribution in [2.24, 2.45) is 0 Å². The third kappa shape index (κ3) is 4.29. The van der Waals surface area contributed by atoms with Crippen molar-refractivity contribution in [1.82, 2.24) is 4.98 Å². The van der Waals surface area contributed by atoms with Crippen LogP contribution in [0.15, 0.2) is 42.6 Å². The first kappa shape index (κ1) is 15.0. The van der Waals surface area contributed by atoms with Gasteiger partial charge in [-0.15, -0.1) is 0 Å². The number of methoxy groups -OCH3 is 2. The van der Waals surface area contributed by atoms with E-state index in [1.54, 1.807) is 19.2 Å². The molecule has 0 aliphatic rings. The summed E-state index contributed by atoms with van der Waals surface area (Å²) in [5.41, 5.74) is 2.21. The van der Waals surface area contributed by atoms with Crippen LogP contribution in [0, 0.1) is 0 Å². The molecule has 1 aromatic heterocycles. The van der Waals surface area contributed by atoms with E-state index in [9.17, 15) is 4.79 Å². The fourth-order valence-electron chi connectivity index (χ4n) is 1.78. The van der Waals surface area contributed by atoms with Crippen LogP contribution in [-0.4, -0.2) is 25.2 Å². The number of rotatable bonds is 6. The molecule has 21 heavy (non-hydrogen) atoms. The molecule has 0 saturated carbocycles. The SMILES string of the molecule is COC(=O)c1ccc(COCc2cccc(OC)c2)nc1. The fourth-order valence-corrected chi connectivity index (χ4v) is 1.78. The molecule has 110 valence electrons. The van der Waals surface area contributed by atoms with Gasteiger partial charge in [-0.3, -0.25) is 4.98 Å². The van der Waals surface area contributed by atoms with E-state index in [2.05, 4.69) is 9.72 Å². The van der Waals surface area contributed by atoms with Gasteiger partial charge in [-0.2, -0.15) is 0 Å². The predicted octanol–water partition coefficient (Wildman–Crippen LogP) is 2.59. The molecule has 0 aliphatic heterocycles. The number of hydrogen-bond acceptors (Lipinski definition) is 5. The molecule has 1 aromatic carbocycles. The van der Waals surface area contributed by atoms with Crippen LogP contribution in [0.3, 0.4) is 0 Å². The standard InChI is InChI=1S/C16H17NO4/c1-19-15-5-3-4-12(8-15)10-21-11-14-7-6-13(9-17-14)16(18)20-2/h3-9H,10-11H2,1-2H3. The lowest BCUT2D eigenvalue weighted by Crippen LogP contribution is -2.03. The van der Waals surface area contributed by atoms with Gasteiger partial charge in [0.05, 0.1) is 38.7 Å². The van der Waals surface area contributed by atoms with Crippen molar-refractivity contribution >= 4 is 5.97 Å². The summed E-state index contributed by atoms with van der Waals surface area (Å²) in [6, 6.07) is 11.1. The summed E-state index contributed by atoms with van der Waals surface area (Å²) in [5.74, 6) is 0.406. The molecule has 2 aromatic rings. The molecule has 5 nitrogen and oxygen atoms in total. The van der Waals surface area contributed by atoms with E-state index in [0.29, 0.717) is 18.8 Å². The zero-order chi connectivity index (χ0) is 15.1. The average Bonchev–Trinajstić information content (AvgIpc) is 2.55. The van der Waals surface area contributed by atoms with Gasteiger partial charge in [0.1, 0.15) is 5.75 Å². The number of aromatic nitrogens is 1. The van der Waals surface area contributed by atoms with Gasteiger partial charge in [-0.1, -0.05) is 12.1 Å². The Labute approximate surface area is 123 Å². The Kier molecular flexibility index (Phi) is 5.29. The topological polar surface area (TPSA) is 57.7 Å². The second-order valence-corrected chi connectivity index (χ2v) is 4.37. The number of esters is 1. The summed E-state index contributed by atoms with van der Waals surface area (Å²) in [5, 5.41) is 0. The molecular formula is C16H17NO4. The number of carbonyl (C=O) groups excluding carboxylic acids is 1. The lowest BCUT2D eigenvalue weighted by Gasteiger charge is -2.06. The summed E-state index contributed by atoms with van der Waals surface area (Å²) >= 11 is 0. The average molecular weight is 287 g/mol. The number of nitrogens with zero attached hydrogens (tertiary/aromatic N) is 1. The van der Waals surface area contributed by atoms with Crippen molar-refractivity contribution in [2.75, 3.05) is 14.2 Å². The molecule has 1 heterocycles. The third-order valence-electron chi connectivity index (χ3n) is 2.90. The van der Waals surface area contributed by atoms with Crippen molar-refractivity contribution in [2.45, 2.75) is 13.2 Å². The fraction of sp³-hybridized carbons (Fsp3) is 0.250. The highest BCUT2D eigenvalue weighted by Gasteiger charge is 2.05. The van der Waals surface area contributed by atoms with Crippen LogP contribution in [0.1, 0.15) is 21.6 Å². The molecule has 0 saturated heterocycles. The maximum atomic E-state index is 11.3. The Morgan fingerprint density at radius 2 is 2.00 bits per heavy atom. The minimum Gasteiger partial charge on any atom is -0.497 e. The summed E-state index contributed by atoms with van der Waals surface area (Å²) in [7, 11) is 2.97. The highest BCUT2D eigenvalue weighted by atomic mass is 16.5. The second kappa shape index (κ2) is 7.40. The smallest absolute Gasteiger partial charge is 0.339 e. The van der Waals surface area contributed by atoms with E-state index in [-0.39, 0.29) is 0 Å². The van der Waals surface area contributed by atoms with E-state index in [1.165, 1.54) is 13.3 Å². The predicted molar refractivity (Wildman–Crippen MR) is 77.1 cm³/mol. The van der Waals surface area contributed by atoms with E-state index in [0.717, 1.165) is 17.0 Å². The van der Waals surface area contributed by atoms with Crippen LogP contribution in [0.2, 0.25) is 0 Å². The molecule has 0 N–H and O–H groups in total. The molecule has 2 rings (SSSR count). The van der Waals surface area contributed by atoms with Crippen molar-refractivity contribution < 1.29 is 19.0 Å². The highest BCUT2D eigenvalue weighted by Crippen LogP contribution is 2.13. The molecule has 0 radical (unpaired) electrons. The minimum absolute atomic E-state index is 0.374. The number of carbonyl (C=O) groups is 1. The van der Waals surface area contributed by atoms with Gasteiger partial charge in [0.2, 0.25) is 0 Å². The molecule has 0 fully saturated rings. The molecule has 0 bridgehead atoms. The van der Waals surface area contributed by atoms with Crippen LogP contribution in [-0.2, 0) is 22.7 Å². The van der Waals surface area contributed by atoms with Crippen LogP contribution in [0.5, 0.6) is 5.75 Å². The molecule has 0 aliphatic carbocycles. The molecule has 5 heteroatoms. The van der Waals surface area contributed by atoms with Gasteiger partial charge >= 0.3 is 5.97 Å². The summed E-state index contributed by atoms with van der Waals surface area (Å²) in [4.78, 5) is 15.4. The number of hydrogen-bond donors (Lipinski definition) is 0. The first-order valence-electron chi connectivity index (χ1n) is 6.47. The Balaban J connectivity index is 1.87. The van der Waals surface area contributed by atoms with Gasteiger partial charge in [0, 0.05) is 6.20 Å². The Hall–Kier alpha value is -2.40. The lowest BCUT2D eigenvalue weighted by molar-refractivity contribution is 0.0600. The van der Waals surface area contributed by atoms with Gasteiger partial charge in [-0.25, -0.2) is 4.79 Å². The third-order valence-corrected chi connectivity index (χ3v) is 2.90. The zero-order valence-corrected chi connectivity index (χ0v) is 12.0. The van der Waals surface area contributed by atoms with Crippen LogP contribution >= 0.6 is 0 Å². The van der Waals surface area contributed by atoms with Gasteiger partial charge < -0.3 is 14.2 Å². The summed E-state index contributed by atoms with van der Waals surface area (Å²) in [6.07, 6.45) is 1.48. The van der Waals surface area contributed by atoms with Crippen molar-refractivity contribution in [3.05, 3.63) is 59.4 Å². The lowest BCUT2D eigenvalue weighted by atomic mass is 10.2. The van der Waals surface area contributed by atoms with E-state index in [4.69, 9.17) is 9.47 Å². The number of ether oxygens (including phenoxy) is 3. The largest absolute Gasteiger partial charge is 0.497 e. The van der Waals surface area contributed by atoms with Crippen molar-refractivity contribution in [3.63, 3.8) is 0 Å². The highest BCUT2D eigenvalue weighted by molar-refractivity contribution is 5.88. The van der Waals surface area contributed by atoms with Gasteiger partial charge in [-0.05, 0) is 29.8 Å². The van der Waals surface area contributed by atoms with Crippen molar-refractivity contribution in [3.8, 4) is 5.75 Å². The first-order chi connectivity index (χ1) is 10.2. The van der Waals surface area contributed by atoms with Crippen LogP contribution in [0.4, 0.5) is 0 Å². The summed E-state index contributed by atoms with van der Waals surface area (Å²) in [6.45, 7) is 0.844. The number of pyridine rings is 1. The number of benzene rings is 1. The molecular weight excluding hydrogens is 270 g/mol. The van der Waals surface area contributed by atoms with Crippen LogP contribution < -0.4 is 4.74 Å². The Morgan fingerprint density at radius 3 is 2.67 bits per heavy atom. The zero-order valence-electron chi connectivity index (χ0n) is 12.0. The van der Waals surface area contributed by atoms with E-state index >= 15 is 0 Å². The summed E-state index contributed by atoms with van der Waals surface area (Å²) < 4.78 is 15.4. The van der Waals surface area contributed by atoms with Gasteiger partial charge in [0.25, 0.3) is 0 Å². The maximum Gasteiger partial charge on any atom is 0.339 e. The van der Waals surface area contributed by atoms with Gasteiger partial charge in [0.15, 0.2) is 0 Å². The second-order valence-electron chi connectivity index (χ2n) is 4.37. The Morgan fingerprint density at radius 1 is 1.14 bits per heavy atom. The monoisotopic (exact) mass is 287 g/mol.